The number of amides is 1. The van der Waals surface area contributed by atoms with Crippen LogP contribution in [-0.4, -0.2) is 38.0 Å². The molecule has 1 saturated heterocycles. The SMILES string of the molecule is Cc1ccc(NC(=O)C2CCN(Cc3cc(=O)n(C)c(=O)n3C)CC2)nc1. The van der Waals surface area contributed by atoms with E-state index in [1.165, 1.54) is 17.7 Å². The molecule has 0 aliphatic carbocycles. The summed E-state index contributed by atoms with van der Waals surface area (Å²) in [5.74, 6) is 0.506. The van der Waals surface area contributed by atoms with E-state index < -0.39 is 0 Å². The molecule has 0 spiro atoms. The quantitative estimate of drug-likeness (QED) is 0.852. The Morgan fingerprint density at radius 1 is 1.19 bits per heavy atom. The smallest absolute Gasteiger partial charge is 0.310 e. The van der Waals surface area contributed by atoms with Crippen LogP contribution in [0.2, 0.25) is 0 Å². The molecule has 27 heavy (non-hydrogen) atoms. The standard InChI is InChI=1S/C19H25N5O3/c1-13-4-5-16(20-11-13)21-18(26)14-6-8-24(9-7-14)12-15-10-17(25)23(3)19(27)22(15)2/h4-5,10-11,14H,6-9,12H2,1-3H3,(H,20,21,26). The highest BCUT2D eigenvalue weighted by atomic mass is 16.2. The molecule has 3 rings (SSSR count). The van der Waals surface area contributed by atoms with Gasteiger partial charge in [0.2, 0.25) is 5.91 Å². The Morgan fingerprint density at radius 3 is 2.52 bits per heavy atom. The highest BCUT2D eigenvalue weighted by Crippen LogP contribution is 2.20. The number of carbonyl (C=O) groups excluding carboxylic acids is 1. The van der Waals surface area contributed by atoms with E-state index >= 15 is 0 Å². The van der Waals surface area contributed by atoms with Crippen molar-refractivity contribution in [2.75, 3.05) is 18.4 Å². The van der Waals surface area contributed by atoms with E-state index in [4.69, 9.17) is 0 Å². The molecule has 0 radical (unpaired) electrons. The van der Waals surface area contributed by atoms with Gasteiger partial charge in [0.25, 0.3) is 5.56 Å². The third-order valence-corrected chi connectivity index (χ3v) is 5.13. The Balaban J connectivity index is 1.57. The number of anilines is 1. The first-order chi connectivity index (χ1) is 12.8. The van der Waals surface area contributed by atoms with Crippen LogP contribution in [0.4, 0.5) is 5.82 Å². The minimum absolute atomic E-state index is 0.00742. The zero-order chi connectivity index (χ0) is 19.6. The number of aromatic nitrogens is 3. The van der Waals surface area contributed by atoms with Gasteiger partial charge in [-0.05, 0) is 44.5 Å². The highest BCUT2D eigenvalue weighted by Gasteiger charge is 2.25. The van der Waals surface area contributed by atoms with Gasteiger partial charge in [-0.15, -0.1) is 0 Å². The van der Waals surface area contributed by atoms with E-state index in [0.717, 1.165) is 36.1 Å². The van der Waals surface area contributed by atoms with E-state index in [1.54, 1.807) is 19.3 Å². The van der Waals surface area contributed by atoms with Crippen molar-refractivity contribution in [2.24, 2.45) is 20.0 Å². The minimum Gasteiger partial charge on any atom is -0.310 e. The first kappa shape index (κ1) is 19.0. The first-order valence-corrected chi connectivity index (χ1v) is 9.07. The number of likely N-dealkylation sites (tertiary alicyclic amines) is 1. The number of hydrogen-bond donors (Lipinski definition) is 1. The number of piperidine rings is 1. The summed E-state index contributed by atoms with van der Waals surface area (Å²) in [6, 6.07) is 5.22. The molecule has 0 atom stereocenters. The van der Waals surface area contributed by atoms with Gasteiger partial charge in [0.15, 0.2) is 0 Å². The molecule has 2 aromatic heterocycles. The molecule has 1 fully saturated rings. The van der Waals surface area contributed by atoms with Crippen molar-refractivity contribution in [3.05, 3.63) is 56.5 Å². The molecule has 144 valence electrons. The Morgan fingerprint density at radius 2 is 1.89 bits per heavy atom. The molecule has 0 unspecified atom stereocenters. The van der Waals surface area contributed by atoms with Gasteiger partial charge < -0.3 is 5.32 Å². The van der Waals surface area contributed by atoms with Gasteiger partial charge in [0, 0.05) is 44.5 Å². The number of rotatable bonds is 4. The van der Waals surface area contributed by atoms with Gasteiger partial charge in [0.05, 0.1) is 0 Å². The Labute approximate surface area is 157 Å². The third kappa shape index (κ3) is 4.33. The largest absolute Gasteiger partial charge is 0.330 e. The fourth-order valence-electron chi connectivity index (χ4n) is 3.28. The van der Waals surface area contributed by atoms with Crippen molar-refractivity contribution in [3.63, 3.8) is 0 Å². The molecule has 8 heteroatoms. The number of nitrogens with one attached hydrogen (secondary N) is 1. The summed E-state index contributed by atoms with van der Waals surface area (Å²) >= 11 is 0. The van der Waals surface area contributed by atoms with Gasteiger partial charge in [-0.2, -0.15) is 0 Å². The van der Waals surface area contributed by atoms with Gasteiger partial charge in [0.1, 0.15) is 5.82 Å². The average Bonchev–Trinajstić information content (AvgIpc) is 2.66. The molecule has 3 heterocycles. The molecule has 1 aliphatic heterocycles. The molecule has 8 nitrogen and oxygen atoms in total. The Kier molecular flexibility index (Phi) is 5.55. The second kappa shape index (κ2) is 7.87. The van der Waals surface area contributed by atoms with Crippen molar-refractivity contribution in [1.82, 2.24) is 19.0 Å². The van der Waals surface area contributed by atoms with Crippen molar-refractivity contribution in [2.45, 2.75) is 26.3 Å². The molecule has 0 saturated carbocycles. The number of carbonyl (C=O) groups is 1. The van der Waals surface area contributed by atoms with E-state index in [9.17, 15) is 14.4 Å². The number of hydrogen-bond acceptors (Lipinski definition) is 5. The van der Waals surface area contributed by atoms with Crippen molar-refractivity contribution < 1.29 is 4.79 Å². The summed E-state index contributed by atoms with van der Waals surface area (Å²) in [6.07, 6.45) is 3.19. The summed E-state index contributed by atoms with van der Waals surface area (Å²) < 4.78 is 2.60. The van der Waals surface area contributed by atoms with Crippen molar-refractivity contribution in [1.29, 1.82) is 0 Å². The van der Waals surface area contributed by atoms with Crippen LogP contribution in [0.5, 0.6) is 0 Å². The van der Waals surface area contributed by atoms with Crippen LogP contribution in [0.1, 0.15) is 24.1 Å². The van der Waals surface area contributed by atoms with E-state index in [1.807, 2.05) is 13.0 Å². The van der Waals surface area contributed by atoms with Crippen LogP contribution in [0, 0.1) is 12.8 Å². The topological polar surface area (TPSA) is 89.2 Å². The predicted octanol–water partition coefficient (Wildman–Crippen LogP) is 0.638. The highest BCUT2D eigenvalue weighted by molar-refractivity contribution is 5.91. The molecule has 0 aromatic carbocycles. The molecule has 1 N–H and O–H groups in total. The molecule has 0 bridgehead atoms. The monoisotopic (exact) mass is 371 g/mol. The predicted molar refractivity (Wildman–Crippen MR) is 103 cm³/mol. The lowest BCUT2D eigenvalue weighted by molar-refractivity contribution is -0.121. The van der Waals surface area contributed by atoms with Gasteiger partial charge in [-0.25, -0.2) is 9.78 Å². The maximum atomic E-state index is 12.4. The summed E-state index contributed by atoms with van der Waals surface area (Å²) in [5.41, 5.74) is 1.12. The number of nitrogens with zero attached hydrogens (tertiary/aromatic N) is 4. The number of pyridine rings is 1. The van der Waals surface area contributed by atoms with Gasteiger partial charge in [-0.3, -0.25) is 23.6 Å². The maximum absolute atomic E-state index is 12.4. The number of aryl methyl sites for hydroxylation is 1. The van der Waals surface area contributed by atoms with Crippen LogP contribution in [-0.2, 0) is 25.4 Å². The van der Waals surface area contributed by atoms with Crippen LogP contribution in [0.3, 0.4) is 0 Å². The summed E-state index contributed by atoms with van der Waals surface area (Å²) in [6.45, 7) is 3.95. The van der Waals surface area contributed by atoms with Crippen LogP contribution in [0.15, 0.2) is 34.0 Å². The molecular weight excluding hydrogens is 346 g/mol. The second-order valence-corrected chi connectivity index (χ2v) is 7.13. The normalized spacial score (nSPS) is 15.7. The fraction of sp³-hybridized carbons (Fsp3) is 0.474. The summed E-state index contributed by atoms with van der Waals surface area (Å²) in [5, 5.41) is 2.88. The van der Waals surface area contributed by atoms with Gasteiger partial charge in [-0.1, -0.05) is 6.07 Å². The second-order valence-electron chi connectivity index (χ2n) is 7.13. The third-order valence-electron chi connectivity index (χ3n) is 5.13. The van der Waals surface area contributed by atoms with Gasteiger partial charge >= 0.3 is 5.69 Å². The lowest BCUT2D eigenvalue weighted by Gasteiger charge is -2.31. The maximum Gasteiger partial charge on any atom is 0.330 e. The Bertz CT molecular complexity index is 937. The van der Waals surface area contributed by atoms with E-state index in [0.29, 0.717) is 18.1 Å². The van der Waals surface area contributed by atoms with E-state index in [2.05, 4.69) is 15.2 Å². The lowest BCUT2D eigenvalue weighted by Crippen LogP contribution is -2.42. The average molecular weight is 371 g/mol. The van der Waals surface area contributed by atoms with Crippen molar-refractivity contribution >= 4 is 11.7 Å². The molecule has 1 amide bonds. The van der Waals surface area contributed by atoms with Crippen molar-refractivity contribution in [3.8, 4) is 0 Å². The van der Waals surface area contributed by atoms with Crippen LogP contribution >= 0.6 is 0 Å². The molecular formula is C19H25N5O3. The first-order valence-electron chi connectivity index (χ1n) is 9.07. The molecule has 1 aliphatic rings. The minimum atomic E-state index is -0.322. The zero-order valence-corrected chi connectivity index (χ0v) is 15.9. The van der Waals surface area contributed by atoms with Crippen LogP contribution in [0.25, 0.3) is 0 Å². The molecule has 2 aromatic rings. The Hall–Kier alpha value is -2.74. The van der Waals surface area contributed by atoms with Crippen LogP contribution < -0.4 is 16.6 Å². The van der Waals surface area contributed by atoms with E-state index in [-0.39, 0.29) is 23.1 Å². The fourth-order valence-corrected chi connectivity index (χ4v) is 3.28. The lowest BCUT2D eigenvalue weighted by atomic mass is 9.96. The zero-order valence-electron chi connectivity index (χ0n) is 15.9. The summed E-state index contributed by atoms with van der Waals surface area (Å²) in [7, 11) is 3.15. The summed E-state index contributed by atoms with van der Waals surface area (Å²) in [4.78, 5) is 42.7.